The van der Waals surface area contributed by atoms with Gasteiger partial charge in [0.15, 0.2) is 0 Å². The van der Waals surface area contributed by atoms with Crippen LogP contribution in [0.4, 0.5) is 5.69 Å². The number of aliphatic carboxylic acids is 1. The lowest BCUT2D eigenvalue weighted by atomic mass is 9.88. The predicted octanol–water partition coefficient (Wildman–Crippen LogP) is 2.59. The predicted molar refractivity (Wildman–Crippen MR) is 103 cm³/mol. The number of carbonyl (C=O) groups is 2. The first-order valence-corrected chi connectivity index (χ1v) is 9.24. The largest absolute Gasteiger partial charge is 0.481 e. The smallest absolute Gasteiger partial charge is 0.307 e. The van der Waals surface area contributed by atoms with E-state index >= 15 is 0 Å². The number of nitrogens with zero attached hydrogens (tertiary/aromatic N) is 2. The molecule has 1 aromatic heterocycles. The molecule has 2 N–H and O–H groups in total. The van der Waals surface area contributed by atoms with E-state index in [1.165, 1.54) is 5.56 Å². The van der Waals surface area contributed by atoms with Gasteiger partial charge in [-0.15, -0.1) is 0 Å². The van der Waals surface area contributed by atoms with Crippen molar-refractivity contribution in [3.05, 3.63) is 59.9 Å². The van der Waals surface area contributed by atoms with Gasteiger partial charge in [0.05, 0.1) is 23.7 Å². The van der Waals surface area contributed by atoms with Gasteiger partial charge in [-0.25, -0.2) is 0 Å². The molecule has 1 amide bonds. The normalized spacial score (nSPS) is 20.2. The Morgan fingerprint density at radius 2 is 1.89 bits per heavy atom. The van der Waals surface area contributed by atoms with Crippen LogP contribution in [0, 0.1) is 18.8 Å². The Hall–Kier alpha value is -2.73. The Bertz CT molecular complexity index is 777. The standard InChI is InChI=1S/C21H25N3O3/c1-15-7-8-19(12-22-15)23-20(25)17-11-18(21(26)27)14-24(13-17)10-9-16-5-3-2-4-6-16/h2-8,12,17-18H,9-11,13-14H2,1H3,(H,23,25)(H,26,27)/t17-,18-/m0/s1. The van der Waals surface area contributed by atoms with Crippen molar-refractivity contribution in [2.75, 3.05) is 25.0 Å². The van der Waals surface area contributed by atoms with Crippen molar-refractivity contribution in [1.82, 2.24) is 9.88 Å². The Kier molecular flexibility index (Phi) is 6.19. The molecular formula is C21H25N3O3. The molecule has 1 aliphatic heterocycles. The van der Waals surface area contributed by atoms with Crippen molar-refractivity contribution < 1.29 is 14.7 Å². The van der Waals surface area contributed by atoms with Gasteiger partial charge in [0, 0.05) is 25.3 Å². The van der Waals surface area contributed by atoms with Crippen LogP contribution in [0.3, 0.4) is 0 Å². The zero-order chi connectivity index (χ0) is 19.2. The zero-order valence-corrected chi connectivity index (χ0v) is 15.5. The van der Waals surface area contributed by atoms with Gasteiger partial charge in [0.1, 0.15) is 0 Å². The minimum absolute atomic E-state index is 0.142. The number of nitrogens with one attached hydrogen (secondary N) is 1. The van der Waals surface area contributed by atoms with Crippen LogP contribution in [0.25, 0.3) is 0 Å². The van der Waals surface area contributed by atoms with E-state index in [1.807, 2.05) is 37.3 Å². The summed E-state index contributed by atoms with van der Waals surface area (Å²) in [7, 11) is 0. The number of piperidine rings is 1. The highest BCUT2D eigenvalue weighted by molar-refractivity contribution is 5.93. The molecular weight excluding hydrogens is 342 g/mol. The molecule has 1 aliphatic rings. The Morgan fingerprint density at radius 1 is 1.15 bits per heavy atom. The molecule has 27 heavy (non-hydrogen) atoms. The first kappa shape index (κ1) is 19.0. The highest BCUT2D eigenvalue weighted by Gasteiger charge is 2.34. The number of carboxylic acids is 1. The van der Waals surface area contributed by atoms with Gasteiger partial charge in [0.25, 0.3) is 0 Å². The number of likely N-dealkylation sites (tertiary alicyclic amines) is 1. The fourth-order valence-electron chi connectivity index (χ4n) is 3.46. The molecule has 0 unspecified atom stereocenters. The number of anilines is 1. The van der Waals surface area contributed by atoms with Gasteiger partial charge in [-0.05, 0) is 37.5 Å². The van der Waals surface area contributed by atoms with Gasteiger partial charge in [-0.1, -0.05) is 30.3 Å². The molecule has 1 saturated heterocycles. The maximum absolute atomic E-state index is 12.7. The number of rotatable bonds is 6. The van der Waals surface area contributed by atoms with Gasteiger partial charge >= 0.3 is 5.97 Å². The third-order valence-electron chi connectivity index (χ3n) is 4.98. The van der Waals surface area contributed by atoms with E-state index in [4.69, 9.17) is 0 Å². The summed E-state index contributed by atoms with van der Waals surface area (Å²) < 4.78 is 0. The minimum Gasteiger partial charge on any atom is -0.481 e. The lowest BCUT2D eigenvalue weighted by Gasteiger charge is -2.35. The maximum Gasteiger partial charge on any atom is 0.307 e. The number of carbonyl (C=O) groups excluding carboxylic acids is 1. The molecule has 0 spiro atoms. The Labute approximate surface area is 159 Å². The van der Waals surface area contributed by atoms with Crippen LogP contribution >= 0.6 is 0 Å². The number of aryl methyl sites for hydroxylation is 1. The fraction of sp³-hybridized carbons (Fsp3) is 0.381. The van der Waals surface area contributed by atoms with Crippen LogP contribution in [-0.4, -0.2) is 46.5 Å². The van der Waals surface area contributed by atoms with Crippen molar-refractivity contribution >= 4 is 17.6 Å². The summed E-state index contributed by atoms with van der Waals surface area (Å²) in [5.74, 6) is -1.86. The minimum atomic E-state index is -0.839. The third-order valence-corrected chi connectivity index (χ3v) is 4.98. The second-order valence-corrected chi connectivity index (χ2v) is 7.14. The van der Waals surface area contributed by atoms with Crippen molar-refractivity contribution in [2.45, 2.75) is 19.8 Å². The molecule has 3 rings (SSSR count). The molecule has 2 heterocycles. The average Bonchev–Trinajstić information content (AvgIpc) is 2.68. The van der Waals surface area contributed by atoms with Crippen molar-refractivity contribution in [1.29, 1.82) is 0 Å². The molecule has 1 fully saturated rings. The summed E-state index contributed by atoms with van der Waals surface area (Å²) in [6.45, 7) is 3.68. The zero-order valence-electron chi connectivity index (χ0n) is 15.5. The van der Waals surface area contributed by atoms with E-state index in [2.05, 4.69) is 27.3 Å². The number of amides is 1. The van der Waals surface area contributed by atoms with E-state index < -0.39 is 11.9 Å². The number of benzene rings is 1. The molecule has 1 aromatic carbocycles. The van der Waals surface area contributed by atoms with Crippen LogP contribution in [0.5, 0.6) is 0 Å². The lowest BCUT2D eigenvalue weighted by Crippen LogP contribution is -2.47. The van der Waals surface area contributed by atoms with Crippen molar-refractivity contribution in [3.8, 4) is 0 Å². The van der Waals surface area contributed by atoms with Gasteiger partial charge in [-0.3, -0.25) is 14.6 Å². The summed E-state index contributed by atoms with van der Waals surface area (Å²) in [4.78, 5) is 30.5. The average molecular weight is 367 g/mol. The second-order valence-electron chi connectivity index (χ2n) is 7.14. The monoisotopic (exact) mass is 367 g/mol. The number of hydrogen-bond donors (Lipinski definition) is 2. The third kappa shape index (κ3) is 5.37. The lowest BCUT2D eigenvalue weighted by molar-refractivity contribution is -0.145. The van der Waals surface area contributed by atoms with Crippen LogP contribution < -0.4 is 5.32 Å². The number of hydrogen-bond acceptors (Lipinski definition) is 4. The van der Waals surface area contributed by atoms with Crippen LogP contribution in [0.15, 0.2) is 48.7 Å². The molecule has 2 aromatic rings. The van der Waals surface area contributed by atoms with Crippen LogP contribution in [0.1, 0.15) is 17.7 Å². The second kappa shape index (κ2) is 8.77. The molecule has 142 valence electrons. The number of carboxylic acid groups (broad SMARTS) is 1. The summed E-state index contributed by atoms with van der Waals surface area (Å²) in [6, 6.07) is 13.7. The Balaban J connectivity index is 1.63. The quantitative estimate of drug-likeness (QED) is 0.820. The maximum atomic E-state index is 12.7. The van der Waals surface area contributed by atoms with Gasteiger partial charge in [-0.2, -0.15) is 0 Å². The first-order chi connectivity index (χ1) is 13.0. The van der Waals surface area contributed by atoms with E-state index in [0.29, 0.717) is 25.2 Å². The van der Waals surface area contributed by atoms with E-state index in [0.717, 1.165) is 18.7 Å². The molecule has 0 saturated carbocycles. The summed E-state index contributed by atoms with van der Waals surface area (Å²) in [6.07, 6.45) is 2.82. The Morgan fingerprint density at radius 3 is 2.56 bits per heavy atom. The highest BCUT2D eigenvalue weighted by Crippen LogP contribution is 2.24. The van der Waals surface area contributed by atoms with Crippen molar-refractivity contribution in [2.24, 2.45) is 11.8 Å². The van der Waals surface area contributed by atoms with E-state index in [-0.39, 0.29) is 11.8 Å². The first-order valence-electron chi connectivity index (χ1n) is 9.24. The summed E-state index contributed by atoms with van der Waals surface area (Å²) in [5, 5.41) is 12.4. The topological polar surface area (TPSA) is 82.5 Å². The number of pyridine rings is 1. The molecule has 0 bridgehead atoms. The summed E-state index contributed by atoms with van der Waals surface area (Å²) in [5.41, 5.74) is 2.73. The fourth-order valence-corrected chi connectivity index (χ4v) is 3.46. The molecule has 2 atom stereocenters. The SMILES string of the molecule is Cc1ccc(NC(=O)[C@H]2C[C@H](C(=O)O)CN(CCc3ccccc3)C2)cn1. The van der Waals surface area contributed by atoms with Crippen molar-refractivity contribution in [3.63, 3.8) is 0 Å². The molecule has 0 radical (unpaired) electrons. The molecule has 6 heteroatoms. The number of aromatic nitrogens is 1. The van der Waals surface area contributed by atoms with E-state index in [1.54, 1.807) is 6.20 Å². The van der Waals surface area contributed by atoms with Gasteiger partial charge < -0.3 is 15.3 Å². The highest BCUT2D eigenvalue weighted by atomic mass is 16.4. The summed E-state index contributed by atoms with van der Waals surface area (Å²) >= 11 is 0. The molecule has 6 nitrogen and oxygen atoms in total. The van der Waals surface area contributed by atoms with Crippen LogP contribution in [0.2, 0.25) is 0 Å². The molecule has 0 aliphatic carbocycles. The van der Waals surface area contributed by atoms with E-state index in [9.17, 15) is 14.7 Å². The van der Waals surface area contributed by atoms with Gasteiger partial charge in [0.2, 0.25) is 5.91 Å². The van der Waals surface area contributed by atoms with Crippen LogP contribution in [-0.2, 0) is 16.0 Å².